The summed E-state index contributed by atoms with van der Waals surface area (Å²) in [4.78, 5) is 23.5. The van der Waals surface area contributed by atoms with Crippen molar-refractivity contribution >= 4 is 26.6 Å². The first kappa shape index (κ1) is 20.4. The highest BCUT2D eigenvalue weighted by Gasteiger charge is 2.15. The summed E-state index contributed by atoms with van der Waals surface area (Å²) in [5, 5.41) is 0.469. The van der Waals surface area contributed by atoms with Crippen molar-refractivity contribution in [1.29, 1.82) is 0 Å². The maximum absolute atomic E-state index is 12.2. The second-order valence-electron chi connectivity index (χ2n) is 7.03. The molecule has 26 heavy (non-hydrogen) atoms. The van der Waals surface area contributed by atoms with E-state index in [4.69, 9.17) is 4.42 Å². The fourth-order valence-electron chi connectivity index (χ4n) is 2.89. The number of fused-ring (bicyclic) bond motifs is 1. The van der Waals surface area contributed by atoms with Crippen molar-refractivity contribution in [2.24, 2.45) is 0 Å². The zero-order valence-corrected chi connectivity index (χ0v) is 16.4. The highest BCUT2D eigenvalue weighted by molar-refractivity contribution is 7.91. The van der Waals surface area contributed by atoms with Crippen LogP contribution in [0, 0.1) is 6.92 Å². The molecular weight excluding hydrogens is 352 g/mol. The number of carbonyl (C=O) groups is 1. The van der Waals surface area contributed by atoms with Gasteiger partial charge in [0, 0.05) is 24.3 Å². The number of aryl methyl sites for hydroxylation is 1. The van der Waals surface area contributed by atoms with Gasteiger partial charge in [-0.3, -0.25) is 4.79 Å². The number of Topliss-reactive ketones (excluding diaryl/α,β-unsaturated/α-hetero) is 1. The number of rotatable bonds is 9. The minimum atomic E-state index is -2.99. The van der Waals surface area contributed by atoms with Crippen molar-refractivity contribution in [3.05, 3.63) is 45.8 Å². The van der Waals surface area contributed by atoms with Gasteiger partial charge >= 0.3 is 5.63 Å². The Morgan fingerprint density at radius 1 is 1.12 bits per heavy atom. The summed E-state index contributed by atoms with van der Waals surface area (Å²) in [6, 6.07) is 6.83. The van der Waals surface area contributed by atoms with Crippen LogP contribution in [0.2, 0.25) is 0 Å². The predicted molar refractivity (Wildman–Crippen MR) is 103 cm³/mol. The van der Waals surface area contributed by atoms with E-state index in [1.807, 2.05) is 19.1 Å². The number of sulfone groups is 1. The largest absolute Gasteiger partial charge is 0.422 e. The first-order valence-electron chi connectivity index (χ1n) is 8.95. The lowest BCUT2D eigenvalue weighted by molar-refractivity contribution is -0.118. The van der Waals surface area contributed by atoms with Crippen LogP contribution in [0.4, 0.5) is 0 Å². The van der Waals surface area contributed by atoms with E-state index in [1.165, 1.54) is 6.07 Å². The highest BCUT2D eigenvalue weighted by Crippen LogP contribution is 2.20. The van der Waals surface area contributed by atoms with E-state index in [9.17, 15) is 18.0 Å². The van der Waals surface area contributed by atoms with Crippen LogP contribution in [0.1, 0.15) is 50.7 Å². The Kier molecular flexibility index (Phi) is 6.75. The Balaban J connectivity index is 1.86. The molecule has 0 N–H and O–H groups in total. The third-order valence-electron chi connectivity index (χ3n) is 4.47. The van der Waals surface area contributed by atoms with Crippen molar-refractivity contribution in [1.82, 2.24) is 0 Å². The van der Waals surface area contributed by atoms with E-state index in [0.29, 0.717) is 31.3 Å². The van der Waals surface area contributed by atoms with Gasteiger partial charge in [0.05, 0.1) is 11.0 Å². The van der Waals surface area contributed by atoms with Crippen molar-refractivity contribution in [2.75, 3.05) is 5.75 Å². The van der Waals surface area contributed by atoms with Crippen molar-refractivity contribution in [2.45, 2.75) is 58.1 Å². The Morgan fingerprint density at radius 2 is 1.85 bits per heavy atom. The predicted octanol–water partition coefficient (Wildman–Crippen LogP) is 3.60. The number of ketones is 1. The van der Waals surface area contributed by atoms with Gasteiger partial charge in [-0.15, -0.1) is 0 Å². The van der Waals surface area contributed by atoms with Crippen LogP contribution in [-0.2, 0) is 21.1 Å². The van der Waals surface area contributed by atoms with Gasteiger partial charge in [0.25, 0.3) is 0 Å². The summed E-state index contributed by atoms with van der Waals surface area (Å²) in [6.45, 7) is 5.24. The number of benzene rings is 1. The zero-order valence-electron chi connectivity index (χ0n) is 15.6. The quantitative estimate of drug-likeness (QED) is 0.492. The van der Waals surface area contributed by atoms with Crippen molar-refractivity contribution in [3.8, 4) is 0 Å². The lowest BCUT2D eigenvalue weighted by atomic mass is 10.0. The van der Waals surface area contributed by atoms with Crippen LogP contribution >= 0.6 is 0 Å². The van der Waals surface area contributed by atoms with E-state index >= 15 is 0 Å². The molecule has 0 atom stereocenters. The molecule has 5 nitrogen and oxygen atoms in total. The average Bonchev–Trinajstić information content (AvgIpc) is 2.55. The smallest absolute Gasteiger partial charge is 0.336 e. The molecular formula is C20H26O5S. The summed E-state index contributed by atoms with van der Waals surface area (Å²) in [6.07, 6.45) is 2.82. The molecule has 0 amide bonds. The fourth-order valence-corrected chi connectivity index (χ4v) is 3.97. The molecule has 0 saturated carbocycles. The van der Waals surface area contributed by atoms with E-state index < -0.39 is 9.84 Å². The topological polar surface area (TPSA) is 81.4 Å². The summed E-state index contributed by atoms with van der Waals surface area (Å²) in [5.41, 5.74) is 1.90. The Hall–Kier alpha value is -1.95. The molecule has 0 fully saturated rings. The molecule has 142 valence electrons. The van der Waals surface area contributed by atoms with Crippen LogP contribution in [0.15, 0.2) is 33.5 Å². The van der Waals surface area contributed by atoms with Gasteiger partial charge in [-0.25, -0.2) is 13.2 Å². The Morgan fingerprint density at radius 3 is 2.54 bits per heavy atom. The maximum Gasteiger partial charge on any atom is 0.336 e. The van der Waals surface area contributed by atoms with Gasteiger partial charge in [0.1, 0.15) is 11.4 Å². The lowest BCUT2D eigenvalue weighted by Gasteiger charge is -2.07. The molecule has 0 unspecified atom stereocenters. The molecule has 1 aromatic heterocycles. The average molecular weight is 378 g/mol. The molecule has 0 bridgehead atoms. The Bertz CT molecular complexity index is 938. The molecule has 0 radical (unpaired) electrons. The van der Waals surface area contributed by atoms with Gasteiger partial charge in [-0.2, -0.15) is 0 Å². The molecule has 6 heteroatoms. The fraction of sp³-hybridized carbons (Fsp3) is 0.500. The summed E-state index contributed by atoms with van der Waals surface area (Å²) >= 11 is 0. The number of hydrogen-bond acceptors (Lipinski definition) is 5. The molecule has 1 heterocycles. The van der Waals surface area contributed by atoms with Gasteiger partial charge in [-0.1, -0.05) is 12.5 Å². The third kappa shape index (κ3) is 5.53. The van der Waals surface area contributed by atoms with Crippen molar-refractivity contribution < 1.29 is 17.6 Å². The highest BCUT2D eigenvalue weighted by atomic mass is 32.2. The maximum atomic E-state index is 12.2. The normalized spacial score (nSPS) is 12.0. The molecule has 0 aliphatic carbocycles. The van der Waals surface area contributed by atoms with Gasteiger partial charge < -0.3 is 4.42 Å². The van der Waals surface area contributed by atoms with Crippen LogP contribution in [0.5, 0.6) is 0 Å². The second kappa shape index (κ2) is 8.62. The van der Waals surface area contributed by atoms with Crippen LogP contribution < -0.4 is 5.63 Å². The van der Waals surface area contributed by atoms with Crippen LogP contribution in [0.3, 0.4) is 0 Å². The summed E-state index contributed by atoms with van der Waals surface area (Å²) in [5.74, 6) is 0.321. The number of hydrogen-bond donors (Lipinski definition) is 0. The number of carbonyl (C=O) groups excluding carboxylic acids is 1. The monoisotopic (exact) mass is 378 g/mol. The van der Waals surface area contributed by atoms with Gasteiger partial charge in [0.2, 0.25) is 0 Å². The standard InChI is InChI=1S/C20H26O5S/c1-14(2)26(23,24)10-6-4-5-7-18(21)13-16-11-15(3)20-17(12-16)8-9-19(22)25-20/h8-9,11-12,14H,4-7,10,13H2,1-3H3. The van der Waals surface area contributed by atoms with Gasteiger partial charge in [0.15, 0.2) is 9.84 Å². The van der Waals surface area contributed by atoms with Crippen LogP contribution in [-0.4, -0.2) is 25.2 Å². The summed E-state index contributed by atoms with van der Waals surface area (Å²) in [7, 11) is -2.99. The zero-order chi connectivity index (χ0) is 19.3. The van der Waals surface area contributed by atoms with E-state index in [-0.39, 0.29) is 22.4 Å². The first-order valence-corrected chi connectivity index (χ1v) is 10.7. The molecule has 0 saturated heterocycles. The van der Waals surface area contributed by atoms with Crippen LogP contribution in [0.25, 0.3) is 11.0 Å². The van der Waals surface area contributed by atoms with Gasteiger partial charge in [-0.05, 0) is 56.9 Å². The second-order valence-corrected chi connectivity index (χ2v) is 9.70. The van der Waals surface area contributed by atoms with E-state index in [2.05, 4.69) is 0 Å². The summed E-state index contributed by atoms with van der Waals surface area (Å²) < 4.78 is 28.7. The number of unbranched alkanes of at least 4 members (excludes halogenated alkanes) is 2. The molecule has 0 aliphatic heterocycles. The molecule has 1 aromatic carbocycles. The van der Waals surface area contributed by atoms with Crippen molar-refractivity contribution in [3.63, 3.8) is 0 Å². The minimum Gasteiger partial charge on any atom is -0.422 e. The third-order valence-corrected chi connectivity index (χ3v) is 6.76. The minimum absolute atomic E-state index is 0.132. The molecule has 0 aliphatic rings. The van der Waals surface area contributed by atoms with E-state index in [0.717, 1.165) is 22.9 Å². The molecule has 0 spiro atoms. The molecule has 2 aromatic rings. The Labute approximate surface area is 154 Å². The molecule has 2 rings (SSSR count). The van der Waals surface area contributed by atoms with E-state index in [1.54, 1.807) is 19.9 Å². The lowest BCUT2D eigenvalue weighted by Crippen LogP contribution is -2.17. The first-order chi connectivity index (χ1) is 12.2. The SMILES string of the molecule is Cc1cc(CC(=O)CCCCCS(=O)(=O)C(C)C)cc2ccc(=O)oc12.